The summed E-state index contributed by atoms with van der Waals surface area (Å²) in [6.45, 7) is 2.87. The molecule has 1 unspecified atom stereocenters. The molecular formula is C17H21F2NS. The van der Waals surface area contributed by atoms with Crippen LogP contribution in [0.5, 0.6) is 0 Å². The Morgan fingerprint density at radius 3 is 2.76 bits per heavy atom. The number of rotatable bonds is 8. The molecule has 1 heterocycles. The van der Waals surface area contributed by atoms with E-state index in [1.807, 2.05) is 6.92 Å². The summed E-state index contributed by atoms with van der Waals surface area (Å²) in [5.41, 5.74) is 0.456. The molecule has 1 aromatic heterocycles. The lowest BCUT2D eigenvalue weighted by molar-refractivity contribution is 0.453. The molecule has 1 atom stereocenters. The highest BCUT2D eigenvalue weighted by atomic mass is 32.1. The van der Waals surface area contributed by atoms with E-state index in [0.717, 1.165) is 31.9 Å². The molecule has 0 aliphatic rings. The van der Waals surface area contributed by atoms with Gasteiger partial charge < -0.3 is 5.32 Å². The van der Waals surface area contributed by atoms with Gasteiger partial charge in [-0.2, -0.15) is 0 Å². The van der Waals surface area contributed by atoms with Crippen LogP contribution < -0.4 is 5.32 Å². The molecular weight excluding hydrogens is 288 g/mol. The van der Waals surface area contributed by atoms with Gasteiger partial charge in [0.2, 0.25) is 0 Å². The molecule has 0 aliphatic heterocycles. The molecule has 1 N–H and O–H groups in total. The van der Waals surface area contributed by atoms with E-state index in [1.165, 1.54) is 4.88 Å². The van der Waals surface area contributed by atoms with E-state index in [1.54, 1.807) is 23.5 Å². The van der Waals surface area contributed by atoms with Crippen LogP contribution in [0.25, 0.3) is 0 Å². The van der Waals surface area contributed by atoms with Crippen LogP contribution in [0.2, 0.25) is 0 Å². The highest BCUT2D eigenvalue weighted by Crippen LogP contribution is 2.17. The molecule has 0 saturated heterocycles. The molecule has 0 radical (unpaired) electrons. The summed E-state index contributed by atoms with van der Waals surface area (Å²) in [6, 6.07) is 8.79. The minimum absolute atomic E-state index is 0.186. The molecule has 0 amide bonds. The van der Waals surface area contributed by atoms with Gasteiger partial charge >= 0.3 is 0 Å². The van der Waals surface area contributed by atoms with Crippen molar-refractivity contribution in [1.82, 2.24) is 5.32 Å². The van der Waals surface area contributed by atoms with Crippen molar-refractivity contribution in [3.8, 4) is 0 Å². The molecule has 1 aromatic carbocycles. The second-order valence-electron chi connectivity index (χ2n) is 5.14. The fourth-order valence-electron chi connectivity index (χ4n) is 2.51. The molecule has 1 nitrogen and oxygen atoms in total. The molecule has 2 aromatic rings. The molecule has 0 bridgehead atoms. The fraction of sp³-hybridized carbons (Fsp3) is 0.412. The molecule has 0 aliphatic carbocycles. The number of nitrogens with one attached hydrogen (secondary N) is 1. The van der Waals surface area contributed by atoms with Gasteiger partial charge in [-0.15, -0.1) is 11.3 Å². The molecule has 0 saturated carbocycles. The third-order valence-corrected chi connectivity index (χ3v) is 4.48. The van der Waals surface area contributed by atoms with E-state index in [2.05, 4.69) is 22.8 Å². The maximum atomic E-state index is 13.7. The van der Waals surface area contributed by atoms with Crippen LogP contribution in [0.4, 0.5) is 8.78 Å². The number of hydrogen-bond acceptors (Lipinski definition) is 2. The monoisotopic (exact) mass is 309 g/mol. The van der Waals surface area contributed by atoms with Crippen LogP contribution in [-0.4, -0.2) is 12.6 Å². The number of aryl methyl sites for hydroxylation is 1. The molecule has 0 spiro atoms. The van der Waals surface area contributed by atoms with Crippen LogP contribution in [0.3, 0.4) is 0 Å². The van der Waals surface area contributed by atoms with Crippen molar-refractivity contribution >= 4 is 11.3 Å². The zero-order chi connectivity index (χ0) is 15.1. The van der Waals surface area contributed by atoms with Crippen molar-refractivity contribution in [2.75, 3.05) is 6.54 Å². The van der Waals surface area contributed by atoms with Crippen LogP contribution in [0.1, 0.15) is 30.2 Å². The van der Waals surface area contributed by atoms with Gasteiger partial charge in [-0.05, 0) is 55.3 Å². The van der Waals surface area contributed by atoms with Crippen LogP contribution in [0, 0.1) is 11.6 Å². The first kappa shape index (κ1) is 16.1. The van der Waals surface area contributed by atoms with Crippen molar-refractivity contribution < 1.29 is 8.78 Å². The quantitative estimate of drug-likeness (QED) is 0.753. The van der Waals surface area contributed by atoms with Gasteiger partial charge in [-0.25, -0.2) is 8.78 Å². The van der Waals surface area contributed by atoms with E-state index in [4.69, 9.17) is 0 Å². The predicted molar refractivity (Wildman–Crippen MR) is 84.8 cm³/mol. The van der Waals surface area contributed by atoms with E-state index in [-0.39, 0.29) is 6.04 Å². The van der Waals surface area contributed by atoms with Crippen molar-refractivity contribution in [3.05, 3.63) is 57.8 Å². The van der Waals surface area contributed by atoms with Gasteiger partial charge in [-0.3, -0.25) is 0 Å². The molecule has 21 heavy (non-hydrogen) atoms. The number of thiophene rings is 1. The summed E-state index contributed by atoms with van der Waals surface area (Å²) in [6.07, 6.45) is 3.59. The van der Waals surface area contributed by atoms with Crippen molar-refractivity contribution in [3.63, 3.8) is 0 Å². The van der Waals surface area contributed by atoms with E-state index in [0.29, 0.717) is 12.0 Å². The van der Waals surface area contributed by atoms with E-state index in [9.17, 15) is 8.78 Å². The first-order valence-corrected chi connectivity index (χ1v) is 8.27. The standard InChI is InChI=1S/C17H21F2NS/c1-2-20-14(7-4-8-15-9-5-11-21-15)12-13-6-3-10-16(18)17(13)19/h3,5-6,9-11,14,20H,2,4,7-8,12H2,1H3. The molecule has 4 heteroatoms. The van der Waals surface area contributed by atoms with E-state index < -0.39 is 11.6 Å². The summed E-state index contributed by atoms with van der Waals surface area (Å²) < 4.78 is 27.0. The predicted octanol–water partition coefficient (Wildman–Crippen LogP) is 4.57. The van der Waals surface area contributed by atoms with Gasteiger partial charge in [-0.1, -0.05) is 25.1 Å². The lowest BCUT2D eigenvalue weighted by atomic mass is 10.00. The largest absolute Gasteiger partial charge is 0.314 e. The lowest BCUT2D eigenvalue weighted by Gasteiger charge is -2.18. The van der Waals surface area contributed by atoms with Gasteiger partial charge in [0.25, 0.3) is 0 Å². The molecule has 114 valence electrons. The van der Waals surface area contributed by atoms with Gasteiger partial charge in [0.1, 0.15) is 0 Å². The van der Waals surface area contributed by atoms with Gasteiger partial charge in [0.15, 0.2) is 11.6 Å². The van der Waals surface area contributed by atoms with Crippen molar-refractivity contribution in [2.45, 2.75) is 38.6 Å². The topological polar surface area (TPSA) is 12.0 Å². The average molecular weight is 309 g/mol. The Balaban J connectivity index is 1.90. The Hall–Kier alpha value is -1.26. The summed E-state index contributed by atoms with van der Waals surface area (Å²) in [5.74, 6) is -1.47. The van der Waals surface area contributed by atoms with E-state index >= 15 is 0 Å². The summed E-state index contributed by atoms with van der Waals surface area (Å²) in [4.78, 5) is 1.38. The second-order valence-corrected chi connectivity index (χ2v) is 6.18. The maximum absolute atomic E-state index is 13.7. The van der Waals surface area contributed by atoms with Gasteiger partial charge in [0.05, 0.1) is 0 Å². The number of likely N-dealkylation sites (N-methyl/N-ethyl adjacent to an activating group) is 1. The molecule has 2 rings (SSSR count). The highest BCUT2D eigenvalue weighted by Gasteiger charge is 2.13. The van der Waals surface area contributed by atoms with Gasteiger partial charge in [0, 0.05) is 10.9 Å². The Bertz CT molecular complexity index is 540. The smallest absolute Gasteiger partial charge is 0.162 e. The Morgan fingerprint density at radius 1 is 1.19 bits per heavy atom. The lowest BCUT2D eigenvalue weighted by Crippen LogP contribution is -2.31. The third kappa shape index (κ3) is 4.90. The van der Waals surface area contributed by atoms with Crippen LogP contribution in [0.15, 0.2) is 35.7 Å². The maximum Gasteiger partial charge on any atom is 0.162 e. The Morgan fingerprint density at radius 2 is 2.05 bits per heavy atom. The summed E-state index contributed by atoms with van der Waals surface area (Å²) in [7, 11) is 0. The summed E-state index contributed by atoms with van der Waals surface area (Å²) in [5, 5.41) is 5.45. The fourth-order valence-corrected chi connectivity index (χ4v) is 3.27. The minimum Gasteiger partial charge on any atom is -0.314 e. The zero-order valence-corrected chi connectivity index (χ0v) is 13.1. The zero-order valence-electron chi connectivity index (χ0n) is 12.2. The first-order chi connectivity index (χ1) is 10.2. The Kier molecular flexibility index (Phi) is 6.33. The normalized spacial score (nSPS) is 12.5. The van der Waals surface area contributed by atoms with Crippen LogP contribution >= 0.6 is 11.3 Å². The average Bonchev–Trinajstić information content (AvgIpc) is 2.97. The SMILES string of the molecule is CCNC(CCCc1cccs1)Cc1cccc(F)c1F. The van der Waals surface area contributed by atoms with Crippen LogP contribution in [-0.2, 0) is 12.8 Å². The number of benzene rings is 1. The Labute approximate surface area is 129 Å². The first-order valence-electron chi connectivity index (χ1n) is 7.39. The summed E-state index contributed by atoms with van der Waals surface area (Å²) >= 11 is 1.77. The second kappa shape index (κ2) is 8.25. The van der Waals surface area contributed by atoms with Crippen molar-refractivity contribution in [2.24, 2.45) is 0 Å². The van der Waals surface area contributed by atoms with Crippen molar-refractivity contribution in [1.29, 1.82) is 0 Å². The number of halogens is 2. The minimum atomic E-state index is -0.763. The third-order valence-electron chi connectivity index (χ3n) is 3.55. The number of hydrogen-bond donors (Lipinski definition) is 1. The molecule has 0 fully saturated rings. The highest BCUT2D eigenvalue weighted by molar-refractivity contribution is 7.09.